The lowest BCUT2D eigenvalue weighted by Crippen LogP contribution is -2.25. The predicted molar refractivity (Wildman–Crippen MR) is 124 cm³/mol. The van der Waals surface area contributed by atoms with Gasteiger partial charge in [-0.2, -0.15) is 0 Å². The summed E-state index contributed by atoms with van der Waals surface area (Å²) >= 11 is 0. The third-order valence-corrected chi connectivity index (χ3v) is 4.60. The first-order valence-electron chi connectivity index (χ1n) is 10.6. The Kier molecular flexibility index (Phi) is 14.0. The van der Waals surface area contributed by atoms with Crippen LogP contribution in [0.15, 0.2) is 22.3 Å². The van der Waals surface area contributed by atoms with Crippen molar-refractivity contribution in [1.82, 2.24) is 10.7 Å². The van der Waals surface area contributed by atoms with E-state index in [1.165, 1.54) is 20.6 Å². The number of benzene rings is 1. The first kappa shape index (κ1) is 27.0. The summed E-state index contributed by atoms with van der Waals surface area (Å²) in [5.74, 6) is 5.70. The van der Waals surface area contributed by atoms with Crippen LogP contribution in [0.1, 0.15) is 37.7 Å². The van der Waals surface area contributed by atoms with Gasteiger partial charge in [-0.15, -0.1) is 0 Å². The zero-order valence-corrected chi connectivity index (χ0v) is 18.9. The summed E-state index contributed by atoms with van der Waals surface area (Å²) in [6, 6.07) is 3.39. The average Bonchev–Trinajstić information content (AvgIpc) is 2.80. The molecule has 0 spiro atoms. The van der Waals surface area contributed by atoms with Gasteiger partial charge in [-0.3, -0.25) is 9.79 Å². The molecule has 0 heterocycles. The van der Waals surface area contributed by atoms with E-state index < -0.39 is 5.91 Å². The molecule has 0 aliphatic rings. The van der Waals surface area contributed by atoms with E-state index in [4.69, 9.17) is 31.0 Å². The molecular formula is C21H36N6O5. The van der Waals surface area contributed by atoms with Gasteiger partial charge in [0.1, 0.15) is 5.71 Å². The number of amides is 1. The molecule has 11 nitrogen and oxygen atoms in total. The number of hydrazine groups is 1. The maximum Gasteiger partial charge on any atom is 0.266 e. The minimum absolute atomic E-state index is 0.0425. The van der Waals surface area contributed by atoms with Gasteiger partial charge >= 0.3 is 0 Å². The maximum atomic E-state index is 11.3. The van der Waals surface area contributed by atoms with E-state index in [0.29, 0.717) is 29.4 Å². The Labute approximate surface area is 189 Å². The lowest BCUT2D eigenvalue weighted by molar-refractivity contribution is -0.112. The summed E-state index contributed by atoms with van der Waals surface area (Å²) in [4.78, 5) is 15.4. The van der Waals surface area contributed by atoms with Crippen LogP contribution >= 0.6 is 0 Å². The number of rotatable bonds is 18. The highest BCUT2D eigenvalue weighted by molar-refractivity contribution is 6.38. The number of hydrogen-bond donors (Lipinski definition) is 5. The Hall–Kier alpha value is -3.05. The van der Waals surface area contributed by atoms with Crippen molar-refractivity contribution in [3.05, 3.63) is 17.7 Å². The van der Waals surface area contributed by atoms with Crippen LogP contribution in [-0.2, 0) is 11.2 Å². The number of ether oxygens (including phenoxy) is 3. The summed E-state index contributed by atoms with van der Waals surface area (Å²) in [5, 5.41) is 15.3. The van der Waals surface area contributed by atoms with E-state index in [1.807, 2.05) is 0 Å². The van der Waals surface area contributed by atoms with Gasteiger partial charge in [0.2, 0.25) is 5.75 Å². The second kappa shape index (κ2) is 16.6. The standard InChI is InChI=1S/C21H36N6O5/c1-30-18-13-16(12-17(27-29)21(22)28)14-19(31-2)20(18)32-11-7-10-24-8-5-3-4-6-9-25-15-26-23/h13-15,24,29H,3-12,23H2,1-2H3,(H2,22,28)(H,25,26)/b27-17-. The number of oxime groups is 1. The highest BCUT2D eigenvalue weighted by atomic mass is 16.5. The molecule has 1 aromatic carbocycles. The van der Waals surface area contributed by atoms with E-state index in [1.54, 1.807) is 12.1 Å². The van der Waals surface area contributed by atoms with E-state index in [2.05, 4.69) is 20.9 Å². The Morgan fingerprint density at radius 2 is 1.75 bits per heavy atom. The molecule has 0 bridgehead atoms. The van der Waals surface area contributed by atoms with Crippen LogP contribution in [0.4, 0.5) is 0 Å². The molecule has 0 atom stereocenters. The molecule has 0 radical (unpaired) electrons. The fourth-order valence-electron chi connectivity index (χ4n) is 2.96. The molecule has 7 N–H and O–H groups in total. The zero-order chi connectivity index (χ0) is 23.6. The molecule has 11 heteroatoms. The average molecular weight is 453 g/mol. The highest BCUT2D eigenvalue weighted by Crippen LogP contribution is 2.38. The smallest absolute Gasteiger partial charge is 0.266 e. The molecule has 32 heavy (non-hydrogen) atoms. The van der Waals surface area contributed by atoms with Crippen molar-refractivity contribution in [3.8, 4) is 17.2 Å². The number of carbonyl (C=O) groups excluding carboxylic acids is 1. The molecule has 0 aliphatic heterocycles. The number of unbranched alkanes of at least 4 members (excludes halogenated alkanes) is 3. The number of aliphatic imine (C=N–C) groups is 1. The van der Waals surface area contributed by atoms with Gasteiger partial charge in [0.15, 0.2) is 11.5 Å². The summed E-state index contributed by atoms with van der Waals surface area (Å²) in [6.07, 6.45) is 6.85. The highest BCUT2D eigenvalue weighted by Gasteiger charge is 2.17. The summed E-state index contributed by atoms with van der Waals surface area (Å²) in [7, 11) is 3.03. The van der Waals surface area contributed by atoms with Crippen LogP contribution in [0.5, 0.6) is 17.2 Å². The Morgan fingerprint density at radius 1 is 1.09 bits per heavy atom. The van der Waals surface area contributed by atoms with Gasteiger partial charge in [-0.1, -0.05) is 18.0 Å². The van der Waals surface area contributed by atoms with Crippen molar-refractivity contribution in [2.75, 3.05) is 40.5 Å². The summed E-state index contributed by atoms with van der Waals surface area (Å²) in [5.41, 5.74) is 8.06. The first-order chi connectivity index (χ1) is 15.6. The number of nitrogens with zero attached hydrogens (tertiary/aromatic N) is 2. The van der Waals surface area contributed by atoms with Crippen LogP contribution in [0.25, 0.3) is 0 Å². The second-order valence-electron chi connectivity index (χ2n) is 6.99. The van der Waals surface area contributed by atoms with Crippen molar-refractivity contribution in [3.63, 3.8) is 0 Å². The van der Waals surface area contributed by atoms with E-state index in [9.17, 15) is 4.79 Å². The second-order valence-corrected chi connectivity index (χ2v) is 6.99. The fraction of sp³-hybridized carbons (Fsp3) is 0.571. The molecule has 0 aromatic heterocycles. The number of primary amides is 1. The lowest BCUT2D eigenvalue weighted by Gasteiger charge is -2.16. The molecule has 180 valence electrons. The minimum atomic E-state index is -0.799. The van der Waals surface area contributed by atoms with Crippen LogP contribution in [0, 0.1) is 0 Å². The van der Waals surface area contributed by atoms with Crippen molar-refractivity contribution < 1.29 is 24.2 Å². The van der Waals surface area contributed by atoms with E-state index >= 15 is 0 Å². The first-order valence-corrected chi connectivity index (χ1v) is 10.6. The quantitative estimate of drug-likeness (QED) is 0.0549. The number of methoxy groups -OCH3 is 2. The van der Waals surface area contributed by atoms with Gasteiger partial charge < -0.3 is 35.9 Å². The predicted octanol–water partition coefficient (Wildman–Crippen LogP) is 0.972. The normalized spacial score (nSPS) is 11.5. The van der Waals surface area contributed by atoms with Crippen LogP contribution < -0.4 is 36.5 Å². The summed E-state index contributed by atoms with van der Waals surface area (Å²) < 4.78 is 16.7. The largest absolute Gasteiger partial charge is 0.493 e. The number of nitrogens with two attached hydrogens (primary N) is 2. The maximum absolute atomic E-state index is 11.3. The van der Waals surface area contributed by atoms with Crippen LogP contribution in [-0.4, -0.2) is 63.6 Å². The van der Waals surface area contributed by atoms with Crippen molar-refractivity contribution in [1.29, 1.82) is 0 Å². The van der Waals surface area contributed by atoms with Crippen molar-refractivity contribution >= 4 is 18.0 Å². The Balaban J connectivity index is 2.39. The molecule has 1 amide bonds. The molecule has 0 saturated heterocycles. The molecule has 0 saturated carbocycles. The van der Waals surface area contributed by atoms with Gasteiger partial charge in [0, 0.05) is 13.0 Å². The van der Waals surface area contributed by atoms with E-state index in [-0.39, 0.29) is 12.1 Å². The van der Waals surface area contributed by atoms with Crippen LogP contribution in [0.3, 0.4) is 0 Å². The lowest BCUT2D eigenvalue weighted by atomic mass is 10.1. The number of nitrogens with one attached hydrogen (secondary N) is 2. The number of hydrogen-bond acceptors (Lipinski definition) is 9. The molecule has 1 rings (SSSR count). The topological polar surface area (TPSA) is 166 Å². The molecule has 0 unspecified atom stereocenters. The minimum Gasteiger partial charge on any atom is -0.493 e. The Morgan fingerprint density at radius 3 is 2.34 bits per heavy atom. The van der Waals surface area contributed by atoms with Crippen LogP contribution in [0.2, 0.25) is 0 Å². The molecule has 0 fully saturated rings. The van der Waals surface area contributed by atoms with Gasteiger partial charge in [0.05, 0.1) is 27.2 Å². The van der Waals surface area contributed by atoms with Gasteiger partial charge in [0.25, 0.3) is 5.91 Å². The zero-order valence-electron chi connectivity index (χ0n) is 18.9. The SMILES string of the molecule is COc1cc(C/C(=N/O)C(N)=O)cc(OC)c1OCCCNCCCCCCN=CNN. The molecular weight excluding hydrogens is 416 g/mol. The van der Waals surface area contributed by atoms with Gasteiger partial charge in [-0.25, -0.2) is 5.84 Å². The number of carbonyl (C=O) groups is 1. The molecule has 0 aliphatic carbocycles. The van der Waals surface area contributed by atoms with E-state index in [0.717, 1.165) is 51.7 Å². The molecule has 1 aromatic rings. The third-order valence-electron chi connectivity index (χ3n) is 4.60. The van der Waals surface area contributed by atoms with Gasteiger partial charge in [-0.05, 0) is 50.0 Å². The van der Waals surface area contributed by atoms with Crippen molar-refractivity contribution in [2.45, 2.75) is 38.5 Å². The Bertz CT molecular complexity index is 716. The third kappa shape index (κ3) is 10.3. The summed E-state index contributed by atoms with van der Waals surface area (Å²) in [6.45, 7) is 3.08. The monoisotopic (exact) mass is 452 g/mol. The van der Waals surface area contributed by atoms with Crippen molar-refractivity contribution in [2.24, 2.45) is 21.7 Å². The fourth-order valence-corrected chi connectivity index (χ4v) is 2.96.